The number of ether oxygens (including phenoxy) is 2. The summed E-state index contributed by atoms with van der Waals surface area (Å²) in [5.74, 6) is -2.78. The maximum absolute atomic E-state index is 13.7. The number of fused-ring (bicyclic) bond motifs is 1. The minimum absolute atomic E-state index is 0.0478. The molecule has 2 rings (SSSR count). The van der Waals surface area contributed by atoms with E-state index in [2.05, 4.69) is 5.10 Å². The molecule has 0 aliphatic carbocycles. The zero-order valence-electron chi connectivity index (χ0n) is 16.9. The van der Waals surface area contributed by atoms with Gasteiger partial charge in [0.1, 0.15) is 11.5 Å². The van der Waals surface area contributed by atoms with Gasteiger partial charge in [-0.1, -0.05) is 0 Å². The smallest absolute Gasteiger partial charge is 0.410 e. The number of hydrogen-bond donors (Lipinski definition) is 0. The molecule has 0 saturated carbocycles. The highest BCUT2D eigenvalue weighted by molar-refractivity contribution is 5.90. The van der Waals surface area contributed by atoms with E-state index in [-0.39, 0.29) is 36.1 Å². The molecule has 1 aliphatic heterocycles. The summed E-state index contributed by atoms with van der Waals surface area (Å²) in [4.78, 5) is 25.9. The number of aromatic nitrogens is 2. The molecule has 158 valence electrons. The van der Waals surface area contributed by atoms with Crippen LogP contribution >= 0.6 is 0 Å². The lowest BCUT2D eigenvalue weighted by atomic mass is 9.94. The van der Waals surface area contributed by atoms with Crippen LogP contribution in [-0.4, -0.2) is 51.7 Å². The van der Waals surface area contributed by atoms with Gasteiger partial charge in [-0.2, -0.15) is 18.3 Å². The minimum Gasteiger partial charge on any atom is -0.461 e. The molecule has 0 saturated heterocycles. The van der Waals surface area contributed by atoms with Crippen LogP contribution in [0, 0.1) is 0 Å². The van der Waals surface area contributed by atoms with E-state index in [4.69, 9.17) is 9.47 Å². The quantitative estimate of drug-likeness (QED) is 0.710. The fourth-order valence-electron chi connectivity index (χ4n) is 3.00. The first-order valence-corrected chi connectivity index (χ1v) is 9.09. The fraction of sp³-hybridized carbons (Fsp3) is 0.722. The van der Waals surface area contributed by atoms with Gasteiger partial charge in [0.2, 0.25) is 0 Å². The Hall–Kier alpha value is -2.26. The predicted octanol–water partition coefficient (Wildman–Crippen LogP) is 4.04. The molecule has 1 aliphatic rings. The van der Waals surface area contributed by atoms with Crippen molar-refractivity contribution in [3.8, 4) is 0 Å². The number of carbonyl (C=O) groups excluding carboxylic acids is 2. The van der Waals surface area contributed by atoms with Crippen LogP contribution < -0.4 is 0 Å². The first kappa shape index (κ1) is 22.0. The molecule has 0 N–H and O–H groups in total. The van der Waals surface area contributed by atoms with Crippen molar-refractivity contribution in [1.82, 2.24) is 14.7 Å². The Kier molecular flexibility index (Phi) is 6.01. The van der Waals surface area contributed by atoms with E-state index in [1.54, 1.807) is 41.5 Å². The van der Waals surface area contributed by atoms with Gasteiger partial charge in [-0.25, -0.2) is 9.59 Å². The Morgan fingerprint density at radius 3 is 2.32 bits per heavy atom. The Morgan fingerprint density at radius 1 is 1.25 bits per heavy atom. The Morgan fingerprint density at radius 2 is 1.86 bits per heavy atom. The van der Waals surface area contributed by atoms with Crippen LogP contribution in [0.2, 0.25) is 0 Å². The van der Waals surface area contributed by atoms with Crippen LogP contribution in [-0.2, 0) is 16.0 Å². The first-order chi connectivity index (χ1) is 12.8. The molecule has 0 aromatic carbocycles. The predicted molar refractivity (Wildman–Crippen MR) is 94.0 cm³/mol. The van der Waals surface area contributed by atoms with Gasteiger partial charge < -0.3 is 14.4 Å². The first-order valence-electron chi connectivity index (χ1n) is 9.09. The third kappa shape index (κ3) is 4.59. The van der Waals surface area contributed by atoms with E-state index in [0.717, 1.165) is 4.90 Å². The highest BCUT2D eigenvalue weighted by Crippen LogP contribution is 2.41. The highest BCUT2D eigenvalue weighted by atomic mass is 19.4. The average molecular weight is 405 g/mol. The van der Waals surface area contributed by atoms with Crippen molar-refractivity contribution in [3.63, 3.8) is 0 Å². The summed E-state index contributed by atoms with van der Waals surface area (Å²) in [5, 5.41) is 4.09. The zero-order valence-corrected chi connectivity index (χ0v) is 16.9. The fourth-order valence-corrected chi connectivity index (χ4v) is 3.00. The van der Waals surface area contributed by atoms with Crippen LogP contribution in [0.4, 0.5) is 18.0 Å². The van der Waals surface area contributed by atoms with E-state index in [0.29, 0.717) is 0 Å². The Bertz CT molecular complexity index is 750. The molecule has 1 unspecified atom stereocenters. The van der Waals surface area contributed by atoms with E-state index in [9.17, 15) is 22.8 Å². The number of amides is 1. The molecule has 0 spiro atoms. The second kappa shape index (κ2) is 7.63. The van der Waals surface area contributed by atoms with Crippen LogP contribution in [0.5, 0.6) is 0 Å². The number of nitrogens with zero attached hydrogens (tertiary/aromatic N) is 3. The lowest BCUT2D eigenvalue weighted by Gasteiger charge is -2.34. The maximum Gasteiger partial charge on any atom is 0.410 e. The minimum atomic E-state index is -4.64. The summed E-state index contributed by atoms with van der Waals surface area (Å²) in [7, 11) is 0. The molecule has 1 aromatic heterocycles. The van der Waals surface area contributed by atoms with Crippen molar-refractivity contribution in [2.45, 2.75) is 71.8 Å². The van der Waals surface area contributed by atoms with Gasteiger partial charge in [-0.3, -0.25) is 4.68 Å². The molecule has 28 heavy (non-hydrogen) atoms. The van der Waals surface area contributed by atoms with Crippen molar-refractivity contribution >= 4 is 12.1 Å². The van der Waals surface area contributed by atoms with E-state index in [1.807, 2.05) is 0 Å². The van der Waals surface area contributed by atoms with Crippen LogP contribution in [0.3, 0.4) is 0 Å². The standard InChI is InChI=1S/C18H26F3N3O4/c1-7-27-15(25)14-11-8-23(16(26)28-17(4,5)6)9-12(18(19,20)21)13(11)22-24(14)10(2)3/h10,12H,7-9H2,1-6H3. The van der Waals surface area contributed by atoms with E-state index >= 15 is 0 Å². The lowest BCUT2D eigenvalue weighted by molar-refractivity contribution is -0.157. The third-order valence-corrected chi connectivity index (χ3v) is 4.13. The second-order valence-corrected chi connectivity index (χ2v) is 7.93. The third-order valence-electron chi connectivity index (χ3n) is 4.13. The molecule has 1 aromatic rings. The van der Waals surface area contributed by atoms with Gasteiger partial charge in [-0.15, -0.1) is 0 Å². The summed E-state index contributed by atoms with van der Waals surface area (Å²) in [6, 6.07) is -0.367. The van der Waals surface area contributed by atoms with Gasteiger partial charge in [0.25, 0.3) is 0 Å². The number of alkyl halides is 3. The zero-order chi connectivity index (χ0) is 21.4. The maximum atomic E-state index is 13.7. The monoisotopic (exact) mass is 405 g/mol. The Balaban J connectivity index is 2.57. The topological polar surface area (TPSA) is 73.7 Å². The van der Waals surface area contributed by atoms with Crippen LogP contribution in [0.15, 0.2) is 0 Å². The molecule has 0 bridgehead atoms. The lowest BCUT2D eigenvalue weighted by Crippen LogP contribution is -2.45. The number of carbonyl (C=O) groups is 2. The van der Waals surface area contributed by atoms with Crippen molar-refractivity contribution in [3.05, 3.63) is 17.0 Å². The highest BCUT2D eigenvalue weighted by Gasteiger charge is 2.49. The number of halogens is 3. The average Bonchev–Trinajstić information content (AvgIpc) is 2.91. The normalized spacial score (nSPS) is 17.5. The van der Waals surface area contributed by atoms with Gasteiger partial charge in [-0.05, 0) is 41.5 Å². The molecule has 2 heterocycles. The summed E-state index contributed by atoms with van der Waals surface area (Å²) in [6.07, 6.45) is -5.52. The number of rotatable bonds is 3. The molecule has 1 amide bonds. The molecule has 0 radical (unpaired) electrons. The van der Waals surface area contributed by atoms with Gasteiger partial charge >= 0.3 is 18.2 Å². The number of esters is 1. The van der Waals surface area contributed by atoms with Crippen molar-refractivity contribution < 1.29 is 32.2 Å². The molecular formula is C18H26F3N3O4. The van der Waals surface area contributed by atoms with Gasteiger partial charge in [0.05, 0.1) is 18.8 Å². The summed E-state index contributed by atoms with van der Waals surface area (Å²) in [5.41, 5.74) is -1.12. The van der Waals surface area contributed by atoms with E-state index < -0.39 is 36.3 Å². The summed E-state index contributed by atoms with van der Waals surface area (Å²) < 4.78 is 52.7. The SMILES string of the molecule is CCOC(=O)c1c2c(nn1C(C)C)C(C(F)(F)F)CN(C(=O)OC(C)(C)C)C2. The van der Waals surface area contributed by atoms with Crippen LogP contribution in [0.25, 0.3) is 0 Å². The van der Waals surface area contributed by atoms with Gasteiger partial charge in [0.15, 0.2) is 5.69 Å². The van der Waals surface area contributed by atoms with Gasteiger partial charge in [0, 0.05) is 18.2 Å². The molecule has 10 heteroatoms. The van der Waals surface area contributed by atoms with Crippen molar-refractivity contribution in [2.24, 2.45) is 0 Å². The largest absolute Gasteiger partial charge is 0.461 e. The summed E-state index contributed by atoms with van der Waals surface area (Å²) in [6.45, 7) is 9.12. The van der Waals surface area contributed by atoms with Crippen molar-refractivity contribution in [2.75, 3.05) is 13.2 Å². The Labute approximate surface area is 161 Å². The van der Waals surface area contributed by atoms with Crippen molar-refractivity contribution in [1.29, 1.82) is 0 Å². The molecule has 0 fully saturated rings. The second-order valence-electron chi connectivity index (χ2n) is 7.93. The molecule has 7 nitrogen and oxygen atoms in total. The molecular weight excluding hydrogens is 379 g/mol. The van der Waals surface area contributed by atoms with E-state index in [1.165, 1.54) is 4.68 Å². The molecule has 1 atom stereocenters. The summed E-state index contributed by atoms with van der Waals surface area (Å²) >= 11 is 0. The van der Waals surface area contributed by atoms with Crippen LogP contribution in [0.1, 0.15) is 75.2 Å². The number of hydrogen-bond acceptors (Lipinski definition) is 5.